The molecule has 0 N–H and O–H groups in total. The number of ether oxygens (including phenoxy) is 2. The van der Waals surface area contributed by atoms with E-state index in [0.717, 1.165) is 35.1 Å². The number of aryl methyl sites for hydroxylation is 1. The fraction of sp³-hybridized carbons (Fsp3) is 0.217. The predicted molar refractivity (Wildman–Crippen MR) is 115 cm³/mol. The van der Waals surface area contributed by atoms with Crippen molar-refractivity contribution in [1.29, 1.82) is 0 Å². The van der Waals surface area contributed by atoms with Crippen LogP contribution in [0.2, 0.25) is 0 Å². The van der Waals surface area contributed by atoms with E-state index < -0.39 is 0 Å². The Morgan fingerprint density at radius 3 is 2.90 bits per heavy atom. The maximum absolute atomic E-state index is 6.22. The molecule has 0 aliphatic carbocycles. The van der Waals surface area contributed by atoms with Gasteiger partial charge in [-0.3, -0.25) is 0 Å². The minimum Gasteiger partial charge on any atom is -0.485 e. The SMILES string of the molecule is CN(Cc1cnc(Oc2ccc3c(c2)CCC(c2ccccc2)O3)s1)c1ccno1. The van der Waals surface area contributed by atoms with Gasteiger partial charge in [-0.15, -0.1) is 0 Å². The number of anilines is 1. The molecule has 1 unspecified atom stereocenters. The van der Waals surface area contributed by atoms with Crippen molar-refractivity contribution in [2.45, 2.75) is 25.5 Å². The molecule has 0 saturated heterocycles. The summed E-state index contributed by atoms with van der Waals surface area (Å²) in [5.74, 6) is 2.42. The molecule has 1 aliphatic heterocycles. The summed E-state index contributed by atoms with van der Waals surface area (Å²) >= 11 is 1.52. The summed E-state index contributed by atoms with van der Waals surface area (Å²) in [6.45, 7) is 0.676. The molecule has 0 radical (unpaired) electrons. The van der Waals surface area contributed by atoms with Crippen LogP contribution in [0.25, 0.3) is 0 Å². The lowest BCUT2D eigenvalue weighted by molar-refractivity contribution is 0.176. The van der Waals surface area contributed by atoms with Gasteiger partial charge in [-0.2, -0.15) is 0 Å². The van der Waals surface area contributed by atoms with Crippen molar-refractivity contribution in [3.05, 3.63) is 83.0 Å². The van der Waals surface area contributed by atoms with Gasteiger partial charge in [0.1, 0.15) is 17.6 Å². The van der Waals surface area contributed by atoms with Gasteiger partial charge >= 0.3 is 0 Å². The monoisotopic (exact) mass is 419 g/mol. The van der Waals surface area contributed by atoms with E-state index >= 15 is 0 Å². The number of fused-ring (bicyclic) bond motifs is 1. The third kappa shape index (κ3) is 4.02. The fourth-order valence-electron chi connectivity index (χ4n) is 3.56. The van der Waals surface area contributed by atoms with Crippen LogP contribution in [0.15, 0.2) is 71.5 Å². The zero-order valence-corrected chi connectivity index (χ0v) is 17.3. The van der Waals surface area contributed by atoms with Crippen LogP contribution in [-0.2, 0) is 13.0 Å². The molecule has 1 atom stereocenters. The number of nitrogens with zero attached hydrogens (tertiary/aromatic N) is 3. The zero-order chi connectivity index (χ0) is 20.3. The van der Waals surface area contributed by atoms with Crippen molar-refractivity contribution in [3.63, 3.8) is 0 Å². The summed E-state index contributed by atoms with van der Waals surface area (Å²) < 4.78 is 17.4. The molecule has 7 heteroatoms. The van der Waals surface area contributed by atoms with Gasteiger partial charge in [0.05, 0.1) is 12.7 Å². The third-order valence-electron chi connectivity index (χ3n) is 5.08. The standard InChI is InChI=1S/C23H21N3O3S/c1-26(22-11-12-25-29-22)15-19-14-24-23(30-19)27-18-8-10-21-17(13-18)7-9-20(28-21)16-5-3-2-4-6-16/h2-6,8,10-14,20H,7,9,15H2,1H3. The highest BCUT2D eigenvalue weighted by atomic mass is 32.1. The lowest BCUT2D eigenvalue weighted by Gasteiger charge is -2.26. The fourth-order valence-corrected chi connectivity index (χ4v) is 4.39. The Bertz CT molecular complexity index is 1110. The Morgan fingerprint density at radius 2 is 2.07 bits per heavy atom. The molecule has 30 heavy (non-hydrogen) atoms. The van der Waals surface area contributed by atoms with Gasteiger partial charge in [0.2, 0.25) is 5.88 Å². The summed E-state index contributed by atoms with van der Waals surface area (Å²) in [7, 11) is 1.95. The minimum atomic E-state index is 0.105. The molecule has 2 aromatic heterocycles. The van der Waals surface area contributed by atoms with Crippen molar-refractivity contribution in [2.75, 3.05) is 11.9 Å². The molecule has 4 aromatic rings. The van der Waals surface area contributed by atoms with Gasteiger partial charge in [-0.05, 0) is 42.2 Å². The Labute approximate surface area is 178 Å². The Morgan fingerprint density at radius 1 is 1.17 bits per heavy atom. The maximum Gasteiger partial charge on any atom is 0.278 e. The molecule has 2 aromatic carbocycles. The van der Waals surface area contributed by atoms with Gasteiger partial charge in [-0.1, -0.05) is 46.8 Å². The molecule has 1 aliphatic rings. The highest BCUT2D eigenvalue weighted by molar-refractivity contribution is 7.13. The van der Waals surface area contributed by atoms with E-state index in [1.807, 2.05) is 42.4 Å². The van der Waals surface area contributed by atoms with Crippen LogP contribution in [0.3, 0.4) is 0 Å². The van der Waals surface area contributed by atoms with Crippen molar-refractivity contribution >= 4 is 17.2 Å². The van der Waals surface area contributed by atoms with E-state index in [1.165, 1.54) is 22.5 Å². The molecule has 0 bridgehead atoms. The van der Waals surface area contributed by atoms with E-state index in [9.17, 15) is 0 Å². The van der Waals surface area contributed by atoms with E-state index in [1.54, 1.807) is 6.20 Å². The number of benzene rings is 2. The maximum atomic E-state index is 6.22. The van der Waals surface area contributed by atoms with Crippen LogP contribution in [0.5, 0.6) is 16.7 Å². The second-order valence-corrected chi connectivity index (χ2v) is 8.30. The Kier molecular flexibility index (Phi) is 5.11. The summed E-state index contributed by atoms with van der Waals surface area (Å²) in [5, 5.41) is 4.36. The van der Waals surface area contributed by atoms with Crippen molar-refractivity contribution in [3.8, 4) is 16.7 Å². The molecule has 5 rings (SSSR count). The normalized spacial score (nSPS) is 15.3. The molecular formula is C23H21N3O3S. The van der Waals surface area contributed by atoms with Crippen molar-refractivity contribution < 1.29 is 14.0 Å². The topological polar surface area (TPSA) is 60.6 Å². The summed E-state index contributed by atoms with van der Waals surface area (Å²) in [5.41, 5.74) is 2.38. The van der Waals surface area contributed by atoms with Crippen LogP contribution < -0.4 is 14.4 Å². The van der Waals surface area contributed by atoms with Gasteiger partial charge in [-0.25, -0.2) is 4.98 Å². The number of rotatable bonds is 6. The van der Waals surface area contributed by atoms with E-state index in [2.05, 4.69) is 40.5 Å². The van der Waals surface area contributed by atoms with Crippen LogP contribution >= 0.6 is 11.3 Å². The van der Waals surface area contributed by atoms with Crippen LogP contribution in [0.4, 0.5) is 5.88 Å². The lowest BCUT2D eigenvalue weighted by atomic mass is 9.97. The first-order chi connectivity index (χ1) is 14.7. The van der Waals surface area contributed by atoms with Crippen LogP contribution in [-0.4, -0.2) is 17.2 Å². The highest BCUT2D eigenvalue weighted by Crippen LogP contribution is 2.38. The smallest absolute Gasteiger partial charge is 0.278 e. The van der Waals surface area contributed by atoms with E-state index in [4.69, 9.17) is 14.0 Å². The third-order valence-corrected chi connectivity index (χ3v) is 5.94. The molecule has 0 fully saturated rings. The average molecular weight is 420 g/mol. The van der Waals surface area contributed by atoms with Crippen LogP contribution in [0.1, 0.15) is 28.5 Å². The second-order valence-electron chi connectivity index (χ2n) is 7.23. The molecular weight excluding hydrogens is 398 g/mol. The highest BCUT2D eigenvalue weighted by Gasteiger charge is 2.22. The minimum absolute atomic E-state index is 0.105. The van der Waals surface area contributed by atoms with Gasteiger partial charge in [0.25, 0.3) is 5.19 Å². The molecule has 3 heterocycles. The van der Waals surface area contributed by atoms with Crippen molar-refractivity contribution in [1.82, 2.24) is 10.1 Å². The molecule has 6 nitrogen and oxygen atoms in total. The first-order valence-corrected chi connectivity index (χ1v) is 10.7. The van der Waals surface area contributed by atoms with Gasteiger partial charge < -0.3 is 18.9 Å². The number of aromatic nitrogens is 2. The average Bonchev–Trinajstić information content (AvgIpc) is 3.46. The Balaban J connectivity index is 1.24. The van der Waals surface area contributed by atoms with Gasteiger partial charge in [0, 0.05) is 24.2 Å². The number of thiazole rings is 1. The molecule has 152 valence electrons. The lowest BCUT2D eigenvalue weighted by Crippen LogP contribution is -2.15. The molecule has 0 saturated carbocycles. The largest absolute Gasteiger partial charge is 0.485 e. The summed E-state index contributed by atoms with van der Waals surface area (Å²) in [6, 6.07) is 18.2. The van der Waals surface area contributed by atoms with Crippen LogP contribution in [0, 0.1) is 0 Å². The Hall–Kier alpha value is -3.32. The first kappa shape index (κ1) is 18.7. The second kappa shape index (κ2) is 8.20. The first-order valence-electron chi connectivity index (χ1n) is 9.83. The quantitative estimate of drug-likeness (QED) is 0.404. The predicted octanol–water partition coefficient (Wildman–Crippen LogP) is 5.63. The van der Waals surface area contributed by atoms with Gasteiger partial charge in [0.15, 0.2) is 0 Å². The van der Waals surface area contributed by atoms with E-state index in [-0.39, 0.29) is 6.10 Å². The zero-order valence-electron chi connectivity index (χ0n) is 16.5. The summed E-state index contributed by atoms with van der Waals surface area (Å²) in [6.07, 6.45) is 5.48. The van der Waals surface area contributed by atoms with E-state index in [0.29, 0.717) is 11.7 Å². The molecule has 0 amide bonds. The summed E-state index contributed by atoms with van der Waals surface area (Å²) in [4.78, 5) is 7.46. The number of hydrogen-bond acceptors (Lipinski definition) is 7. The van der Waals surface area contributed by atoms with Crippen molar-refractivity contribution in [2.24, 2.45) is 0 Å². The molecule has 0 spiro atoms. The number of hydrogen-bond donors (Lipinski definition) is 0.